The van der Waals surface area contributed by atoms with Gasteiger partial charge >= 0.3 is 5.97 Å². The SMILES string of the molecule is CSCC[C@@H](NC(=O)c1cccc(Cl)c1F)C(=O)O. The van der Waals surface area contributed by atoms with Gasteiger partial charge in [-0.05, 0) is 30.6 Å². The molecule has 0 spiro atoms. The van der Waals surface area contributed by atoms with Gasteiger partial charge in [-0.15, -0.1) is 0 Å². The predicted octanol–water partition coefficient (Wildman–Crippen LogP) is 2.42. The first-order valence-electron chi connectivity index (χ1n) is 5.44. The van der Waals surface area contributed by atoms with Gasteiger partial charge in [-0.3, -0.25) is 4.79 Å². The van der Waals surface area contributed by atoms with Crippen molar-refractivity contribution in [1.82, 2.24) is 5.32 Å². The Bertz CT molecular complexity index is 484. The first-order valence-corrected chi connectivity index (χ1v) is 7.21. The van der Waals surface area contributed by atoms with Crippen LogP contribution in [0.25, 0.3) is 0 Å². The zero-order chi connectivity index (χ0) is 14.4. The summed E-state index contributed by atoms with van der Waals surface area (Å²) in [6.45, 7) is 0. The van der Waals surface area contributed by atoms with Gasteiger partial charge in [0, 0.05) is 0 Å². The van der Waals surface area contributed by atoms with E-state index in [1.54, 1.807) is 0 Å². The summed E-state index contributed by atoms with van der Waals surface area (Å²) in [6.07, 6.45) is 2.10. The molecule has 0 aromatic heterocycles. The van der Waals surface area contributed by atoms with Gasteiger partial charge in [0.05, 0.1) is 10.6 Å². The number of halogens is 2. The molecule has 0 heterocycles. The summed E-state index contributed by atoms with van der Waals surface area (Å²) in [4.78, 5) is 22.8. The lowest BCUT2D eigenvalue weighted by Crippen LogP contribution is -2.41. The number of carboxylic acids is 1. The third-order valence-electron chi connectivity index (χ3n) is 2.41. The molecule has 4 nitrogen and oxygen atoms in total. The molecule has 0 aliphatic rings. The lowest BCUT2D eigenvalue weighted by atomic mass is 10.1. The van der Waals surface area contributed by atoms with E-state index >= 15 is 0 Å². The fourth-order valence-electron chi connectivity index (χ4n) is 1.41. The number of aliphatic carboxylic acids is 1. The second-order valence-corrected chi connectivity index (χ2v) is 5.14. The van der Waals surface area contributed by atoms with Crippen molar-refractivity contribution in [3.8, 4) is 0 Å². The molecule has 2 N–H and O–H groups in total. The highest BCUT2D eigenvalue weighted by atomic mass is 35.5. The van der Waals surface area contributed by atoms with Gasteiger partial charge in [0.2, 0.25) is 0 Å². The molecule has 0 bridgehead atoms. The van der Waals surface area contributed by atoms with Crippen LogP contribution in [0, 0.1) is 5.82 Å². The third kappa shape index (κ3) is 4.40. The van der Waals surface area contributed by atoms with Gasteiger partial charge < -0.3 is 10.4 Å². The van der Waals surface area contributed by atoms with Crippen molar-refractivity contribution >= 4 is 35.2 Å². The molecular formula is C12H13ClFNO3S. The Morgan fingerprint density at radius 1 is 1.53 bits per heavy atom. The molecule has 0 saturated heterocycles. The van der Waals surface area contributed by atoms with Crippen LogP contribution >= 0.6 is 23.4 Å². The lowest BCUT2D eigenvalue weighted by molar-refractivity contribution is -0.139. The number of rotatable bonds is 6. The quantitative estimate of drug-likeness (QED) is 0.847. The van der Waals surface area contributed by atoms with Crippen molar-refractivity contribution < 1.29 is 19.1 Å². The first kappa shape index (κ1) is 15.8. The number of carbonyl (C=O) groups is 2. The molecule has 19 heavy (non-hydrogen) atoms. The van der Waals surface area contributed by atoms with Gasteiger partial charge in [0.1, 0.15) is 6.04 Å². The normalized spacial score (nSPS) is 11.9. The van der Waals surface area contributed by atoms with Crippen molar-refractivity contribution in [3.63, 3.8) is 0 Å². The molecule has 0 fully saturated rings. The molecule has 104 valence electrons. The number of hydrogen-bond acceptors (Lipinski definition) is 3. The van der Waals surface area contributed by atoms with Crippen molar-refractivity contribution in [2.75, 3.05) is 12.0 Å². The van der Waals surface area contributed by atoms with Crippen molar-refractivity contribution in [3.05, 3.63) is 34.6 Å². The number of carbonyl (C=O) groups excluding carboxylic acids is 1. The number of nitrogens with one attached hydrogen (secondary N) is 1. The minimum absolute atomic E-state index is 0.177. The maximum absolute atomic E-state index is 13.6. The average molecular weight is 306 g/mol. The molecule has 1 amide bonds. The van der Waals surface area contributed by atoms with Crippen molar-refractivity contribution in [1.29, 1.82) is 0 Å². The summed E-state index contributed by atoms with van der Waals surface area (Å²) in [7, 11) is 0. The van der Waals surface area contributed by atoms with Crippen LogP contribution in [-0.4, -0.2) is 35.0 Å². The number of benzene rings is 1. The number of hydrogen-bond donors (Lipinski definition) is 2. The summed E-state index contributed by atoms with van der Waals surface area (Å²) in [5.41, 5.74) is -0.261. The highest BCUT2D eigenvalue weighted by molar-refractivity contribution is 7.98. The van der Waals surface area contributed by atoms with Crippen molar-refractivity contribution in [2.45, 2.75) is 12.5 Å². The Balaban J connectivity index is 2.82. The highest BCUT2D eigenvalue weighted by Gasteiger charge is 2.22. The summed E-state index contributed by atoms with van der Waals surface area (Å²) in [5, 5.41) is 11.1. The first-order chi connectivity index (χ1) is 8.97. The molecule has 1 atom stereocenters. The fourth-order valence-corrected chi connectivity index (χ4v) is 2.05. The van der Waals surface area contributed by atoms with E-state index in [2.05, 4.69) is 5.32 Å². The number of carboxylic acid groups (broad SMARTS) is 1. The molecule has 1 rings (SSSR count). The maximum atomic E-state index is 13.6. The van der Waals surface area contributed by atoms with E-state index in [9.17, 15) is 14.0 Å². The van der Waals surface area contributed by atoms with E-state index in [-0.39, 0.29) is 17.0 Å². The molecule has 0 unspecified atom stereocenters. The minimum atomic E-state index is -1.15. The van der Waals surface area contributed by atoms with Crippen molar-refractivity contribution in [2.24, 2.45) is 0 Å². The predicted molar refractivity (Wildman–Crippen MR) is 73.3 cm³/mol. The fraction of sp³-hybridized carbons (Fsp3) is 0.333. The minimum Gasteiger partial charge on any atom is -0.480 e. The molecule has 0 radical (unpaired) electrons. The molecule has 0 aliphatic carbocycles. The summed E-state index contributed by atoms with van der Waals surface area (Å²) >= 11 is 7.03. The Labute approximate surface area is 119 Å². The summed E-state index contributed by atoms with van der Waals surface area (Å²) in [5.74, 6) is -2.20. The van der Waals surface area contributed by atoms with E-state index in [4.69, 9.17) is 16.7 Å². The van der Waals surface area contributed by atoms with Crippen LogP contribution in [0.15, 0.2) is 18.2 Å². The molecule has 1 aromatic carbocycles. The monoisotopic (exact) mass is 305 g/mol. The maximum Gasteiger partial charge on any atom is 0.326 e. The topological polar surface area (TPSA) is 66.4 Å². The Morgan fingerprint density at radius 2 is 2.21 bits per heavy atom. The largest absolute Gasteiger partial charge is 0.480 e. The van der Waals surface area contributed by atoms with Gasteiger partial charge in [-0.1, -0.05) is 17.7 Å². The molecule has 0 saturated carbocycles. The van der Waals surface area contributed by atoms with Crippen LogP contribution in [0.2, 0.25) is 5.02 Å². The smallest absolute Gasteiger partial charge is 0.326 e. The van der Waals surface area contributed by atoms with Gasteiger partial charge in [-0.2, -0.15) is 11.8 Å². The number of amides is 1. The van der Waals surface area contributed by atoms with Crippen LogP contribution in [0.1, 0.15) is 16.8 Å². The Morgan fingerprint density at radius 3 is 2.79 bits per heavy atom. The van der Waals surface area contributed by atoms with E-state index in [0.29, 0.717) is 5.75 Å². The second kappa shape index (κ2) is 7.35. The van der Waals surface area contributed by atoms with Crippen LogP contribution in [0.4, 0.5) is 4.39 Å². The summed E-state index contributed by atoms with van der Waals surface area (Å²) in [6, 6.07) is 2.95. The highest BCUT2D eigenvalue weighted by Crippen LogP contribution is 2.18. The van der Waals surface area contributed by atoms with E-state index in [0.717, 1.165) is 0 Å². The van der Waals surface area contributed by atoms with Gasteiger partial charge in [0.25, 0.3) is 5.91 Å². The molecule has 1 aromatic rings. The zero-order valence-electron chi connectivity index (χ0n) is 10.2. The standard InChI is InChI=1S/C12H13ClFNO3S/c1-19-6-5-9(12(17)18)15-11(16)7-3-2-4-8(13)10(7)14/h2-4,9H,5-6H2,1H3,(H,15,16)(H,17,18)/t9-/m1/s1. The van der Waals surface area contributed by atoms with E-state index in [1.165, 1.54) is 30.0 Å². The van der Waals surface area contributed by atoms with Crippen LogP contribution in [0.5, 0.6) is 0 Å². The number of thioether (sulfide) groups is 1. The molecule has 7 heteroatoms. The van der Waals surface area contributed by atoms with Crippen LogP contribution in [0.3, 0.4) is 0 Å². The lowest BCUT2D eigenvalue weighted by Gasteiger charge is -2.14. The average Bonchev–Trinajstić information content (AvgIpc) is 2.37. The van der Waals surface area contributed by atoms with Gasteiger partial charge in [0.15, 0.2) is 5.82 Å². The van der Waals surface area contributed by atoms with E-state index < -0.39 is 23.7 Å². The Hall–Kier alpha value is -1.27. The molecule has 0 aliphatic heterocycles. The summed E-state index contributed by atoms with van der Waals surface area (Å²) < 4.78 is 13.6. The second-order valence-electron chi connectivity index (χ2n) is 3.75. The van der Waals surface area contributed by atoms with E-state index in [1.807, 2.05) is 6.26 Å². The Kier molecular flexibility index (Phi) is 6.11. The van der Waals surface area contributed by atoms with Crippen LogP contribution in [-0.2, 0) is 4.79 Å². The molecular weight excluding hydrogens is 293 g/mol. The van der Waals surface area contributed by atoms with Gasteiger partial charge in [-0.25, -0.2) is 9.18 Å². The zero-order valence-corrected chi connectivity index (χ0v) is 11.7. The third-order valence-corrected chi connectivity index (χ3v) is 3.35. The van der Waals surface area contributed by atoms with Crippen LogP contribution < -0.4 is 5.32 Å².